The van der Waals surface area contributed by atoms with E-state index in [0.29, 0.717) is 25.1 Å². The van der Waals surface area contributed by atoms with Gasteiger partial charge in [-0.1, -0.05) is 6.92 Å². The molecule has 3 rings (SSSR count). The Balaban J connectivity index is 0.00000280. The van der Waals surface area contributed by atoms with Crippen LogP contribution in [0.25, 0.3) is 0 Å². The van der Waals surface area contributed by atoms with Crippen LogP contribution in [0.5, 0.6) is 0 Å². The van der Waals surface area contributed by atoms with Crippen molar-refractivity contribution in [2.24, 2.45) is 0 Å². The van der Waals surface area contributed by atoms with Crippen LogP contribution in [-0.4, -0.2) is 43.7 Å². The minimum absolute atomic E-state index is 0. The number of nitrogens with zero attached hydrogens (tertiary/aromatic N) is 2. The Morgan fingerprint density at radius 3 is 2.50 bits per heavy atom. The standard InChI is InChI=1S/C18H25N5O3S.ClH/c1-2-10-21-27(25,26)16-6-4-15(5-7-16)22-17(24)18(8-12-19-13-9-18)23-14-3-11-20-23;/h3-7,11,14,19,21H,2,8-10,12-13H2,1H3,(H,22,24);1H. The molecule has 1 aliphatic rings. The van der Waals surface area contributed by atoms with E-state index in [2.05, 4.69) is 20.5 Å². The number of piperidine rings is 1. The van der Waals surface area contributed by atoms with E-state index < -0.39 is 15.6 Å². The van der Waals surface area contributed by atoms with E-state index in [-0.39, 0.29) is 23.2 Å². The Kier molecular flexibility index (Phi) is 7.59. The maximum Gasteiger partial charge on any atom is 0.252 e. The number of nitrogens with one attached hydrogen (secondary N) is 3. The Hall–Kier alpha value is -1.94. The average molecular weight is 428 g/mol. The summed E-state index contributed by atoms with van der Waals surface area (Å²) in [5.74, 6) is -0.146. The summed E-state index contributed by atoms with van der Waals surface area (Å²) in [7, 11) is -3.52. The van der Waals surface area contributed by atoms with Crippen LogP contribution in [0.15, 0.2) is 47.6 Å². The molecule has 2 heterocycles. The van der Waals surface area contributed by atoms with E-state index in [4.69, 9.17) is 0 Å². The molecular formula is C18H26ClN5O3S. The van der Waals surface area contributed by atoms with Crippen molar-refractivity contribution >= 4 is 34.0 Å². The molecule has 0 saturated carbocycles. The highest BCUT2D eigenvalue weighted by atomic mass is 35.5. The largest absolute Gasteiger partial charge is 0.324 e. The van der Waals surface area contributed by atoms with Gasteiger partial charge in [0.05, 0.1) is 4.90 Å². The lowest BCUT2D eigenvalue weighted by Crippen LogP contribution is -2.52. The number of anilines is 1. The number of carbonyl (C=O) groups is 1. The van der Waals surface area contributed by atoms with E-state index in [1.165, 1.54) is 12.1 Å². The minimum Gasteiger partial charge on any atom is -0.324 e. The molecule has 2 aromatic rings. The molecule has 0 aliphatic carbocycles. The summed E-state index contributed by atoms with van der Waals surface area (Å²) in [4.78, 5) is 13.3. The van der Waals surface area contributed by atoms with Crippen molar-refractivity contribution in [1.29, 1.82) is 0 Å². The predicted molar refractivity (Wildman–Crippen MR) is 110 cm³/mol. The normalized spacial score (nSPS) is 16.2. The molecule has 1 aromatic carbocycles. The third kappa shape index (κ3) is 4.72. The molecule has 1 saturated heterocycles. The number of rotatable bonds is 7. The summed E-state index contributed by atoms with van der Waals surface area (Å²) in [6.45, 7) is 3.75. The maximum atomic E-state index is 13.1. The summed E-state index contributed by atoms with van der Waals surface area (Å²) in [5.41, 5.74) is -0.193. The summed E-state index contributed by atoms with van der Waals surface area (Å²) < 4.78 is 28.6. The van der Waals surface area contributed by atoms with E-state index >= 15 is 0 Å². The number of carbonyl (C=O) groups excluding carboxylic acids is 1. The zero-order valence-corrected chi connectivity index (χ0v) is 17.4. The Morgan fingerprint density at radius 2 is 1.93 bits per heavy atom. The first-order valence-electron chi connectivity index (χ1n) is 9.10. The second-order valence-corrected chi connectivity index (χ2v) is 8.38. The van der Waals surface area contributed by atoms with E-state index in [1.54, 1.807) is 35.3 Å². The molecule has 3 N–H and O–H groups in total. The van der Waals surface area contributed by atoms with Gasteiger partial charge in [-0.25, -0.2) is 13.1 Å². The van der Waals surface area contributed by atoms with Gasteiger partial charge < -0.3 is 10.6 Å². The fraction of sp³-hybridized carbons (Fsp3) is 0.444. The number of benzene rings is 1. The van der Waals surface area contributed by atoms with Crippen molar-refractivity contribution in [2.45, 2.75) is 36.6 Å². The van der Waals surface area contributed by atoms with Crippen LogP contribution in [0.1, 0.15) is 26.2 Å². The van der Waals surface area contributed by atoms with Crippen molar-refractivity contribution in [1.82, 2.24) is 19.8 Å². The number of amides is 1. The van der Waals surface area contributed by atoms with Gasteiger partial charge in [-0.05, 0) is 62.7 Å². The second-order valence-electron chi connectivity index (χ2n) is 6.61. The van der Waals surface area contributed by atoms with Crippen molar-refractivity contribution in [3.05, 3.63) is 42.7 Å². The Morgan fingerprint density at radius 1 is 1.25 bits per heavy atom. The van der Waals surface area contributed by atoms with E-state index in [9.17, 15) is 13.2 Å². The monoisotopic (exact) mass is 427 g/mol. The van der Waals surface area contributed by atoms with Gasteiger partial charge in [0.25, 0.3) is 5.91 Å². The van der Waals surface area contributed by atoms with Gasteiger partial charge in [-0.3, -0.25) is 9.48 Å². The lowest BCUT2D eigenvalue weighted by Gasteiger charge is -2.36. The topological polar surface area (TPSA) is 105 Å². The lowest BCUT2D eigenvalue weighted by atomic mass is 9.87. The van der Waals surface area contributed by atoms with E-state index in [1.807, 2.05) is 6.92 Å². The summed E-state index contributed by atoms with van der Waals surface area (Å²) in [6.07, 6.45) is 5.46. The Labute approximate surface area is 171 Å². The summed E-state index contributed by atoms with van der Waals surface area (Å²) in [5, 5.41) is 10.5. The van der Waals surface area contributed by atoms with Crippen molar-refractivity contribution < 1.29 is 13.2 Å². The number of hydrogen-bond donors (Lipinski definition) is 3. The molecule has 1 fully saturated rings. The first-order valence-corrected chi connectivity index (χ1v) is 10.6. The fourth-order valence-corrected chi connectivity index (χ4v) is 4.34. The highest BCUT2D eigenvalue weighted by Gasteiger charge is 2.42. The van der Waals surface area contributed by atoms with Crippen LogP contribution >= 0.6 is 12.4 Å². The third-order valence-corrected chi connectivity index (χ3v) is 6.24. The van der Waals surface area contributed by atoms with Crippen molar-refractivity contribution in [3.63, 3.8) is 0 Å². The van der Waals surface area contributed by atoms with Gasteiger partial charge in [0, 0.05) is 24.6 Å². The number of aromatic nitrogens is 2. The van der Waals surface area contributed by atoms with Gasteiger partial charge in [0.2, 0.25) is 10.0 Å². The molecule has 1 amide bonds. The molecule has 1 aliphatic heterocycles. The fourth-order valence-electron chi connectivity index (χ4n) is 3.21. The van der Waals surface area contributed by atoms with Gasteiger partial charge in [-0.2, -0.15) is 5.10 Å². The molecule has 0 radical (unpaired) electrons. The third-order valence-electron chi connectivity index (χ3n) is 4.76. The number of halogens is 1. The van der Waals surface area contributed by atoms with Crippen LogP contribution in [0.4, 0.5) is 5.69 Å². The average Bonchev–Trinajstić information content (AvgIpc) is 3.23. The van der Waals surface area contributed by atoms with Crippen LogP contribution < -0.4 is 15.4 Å². The van der Waals surface area contributed by atoms with Crippen LogP contribution in [0, 0.1) is 0 Å². The number of hydrogen-bond acceptors (Lipinski definition) is 5. The molecule has 10 heteroatoms. The first-order chi connectivity index (χ1) is 13.0. The molecule has 0 atom stereocenters. The lowest BCUT2D eigenvalue weighted by molar-refractivity contribution is -0.126. The highest BCUT2D eigenvalue weighted by molar-refractivity contribution is 7.89. The zero-order chi connectivity index (χ0) is 19.3. The minimum atomic E-state index is -3.52. The molecule has 154 valence electrons. The predicted octanol–water partition coefficient (Wildman–Crippen LogP) is 1.71. The Bertz CT molecular complexity index is 863. The summed E-state index contributed by atoms with van der Waals surface area (Å²) >= 11 is 0. The van der Waals surface area contributed by atoms with Gasteiger partial charge in [0.1, 0.15) is 5.54 Å². The van der Waals surface area contributed by atoms with E-state index in [0.717, 1.165) is 19.5 Å². The second kappa shape index (κ2) is 9.51. The van der Waals surface area contributed by atoms with Gasteiger partial charge >= 0.3 is 0 Å². The molecule has 28 heavy (non-hydrogen) atoms. The molecular weight excluding hydrogens is 402 g/mol. The zero-order valence-electron chi connectivity index (χ0n) is 15.7. The van der Waals surface area contributed by atoms with Crippen LogP contribution in [-0.2, 0) is 20.4 Å². The van der Waals surface area contributed by atoms with Crippen LogP contribution in [0.2, 0.25) is 0 Å². The quantitative estimate of drug-likeness (QED) is 0.623. The van der Waals surface area contributed by atoms with Crippen molar-refractivity contribution in [2.75, 3.05) is 25.0 Å². The first kappa shape index (κ1) is 22.4. The molecule has 1 aromatic heterocycles. The smallest absolute Gasteiger partial charge is 0.252 e. The molecule has 0 unspecified atom stereocenters. The summed E-state index contributed by atoms with van der Waals surface area (Å²) in [6, 6.07) is 8.01. The SMILES string of the molecule is CCCNS(=O)(=O)c1ccc(NC(=O)C2(n3cccn3)CCNCC2)cc1.Cl. The van der Waals surface area contributed by atoms with Gasteiger partial charge in [-0.15, -0.1) is 12.4 Å². The molecule has 0 bridgehead atoms. The van der Waals surface area contributed by atoms with Gasteiger partial charge in [0.15, 0.2) is 0 Å². The molecule has 0 spiro atoms. The highest BCUT2D eigenvalue weighted by Crippen LogP contribution is 2.29. The molecule has 8 nitrogen and oxygen atoms in total. The maximum absolute atomic E-state index is 13.1. The van der Waals surface area contributed by atoms with Crippen LogP contribution in [0.3, 0.4) is 0 Å². The van der Waals surface area contributed by atoms with Crippen molar-refractivity contribution in [3.8, 4) is 0 Å². The number of sulfonamides is 1.